The Balaban J connectivity index is 0.900. The zero-order chi connectivity index (χ0) is 36.7. The van der Waals surface area contributed by atoms with Gasteiger partial charge in [-0.1, -0.05) is 151 Å². The van der Waals surface area contributed by atoms with Crippen LogP contribution in [0.2, 0.25) is 5.02 Å². The number of hydrogen-bond acceptors (Lipinski definition) is 1. The molecule has 0 saturated carbocycles. The minimum Gasteiger partial charge on any atom is -0.356 e. The van der Waals surface area contributed by atoms with Gasteiger partial charge in [0.15, 0.2) is 0 Å². The largest absolute Gasteiger partial charge is 0.356 e. The molecule has 9 aromatic carbocycles. The fourth-order valence-corrected chi connectivity index (χ4v) is 7.94. The van der Waals surface area contributed by atoms with Crippen molar-refractivity contribution in [2.45, 2.75) is 0 Å². The number of fused-ring (bicyclic) bond motifs is 4. The van der Waals surface area contributed by atoms with Crippen molar-refractivity contribution in [3.05, 3.63) is 211 Å². The summed E-state index contributed by atoms with van der Waals surface area (Å²) in [4.78, 5) is 0. The van der Waals surface area contributed by atoms with E-state index in [0.29, 0.717) is 0 Å². The molecule has 10 rings (SSSR count). The highest BCUT2D eigenvalue weighted by Gasteiger charge is 2.14. The summed E-state index contributed by atoms with van der Waals surface area (Å²) in [6.07, 6.45) is 0. The first kappa shape index (κ1) is 32.8. The van der Waals surface area contributed by atoms with E-state index in [1.807, 2.05) is 12.1 Å². The number of hydrogen-bond donors (Lipinski definition) is 1. The molecule has 0 aliphatic heterocycles. The van der Waals surface area contributed by atoms with Crippen LogP contribution in [-0.4, -0.2) is 4.57 Å². The van der Waals surface area contributed by atoms with Crippen molar-refractivity contribution in [1.29, 1.82) is 0 Å². The van der Waals surface area contributed by atoms with Crippen LogP contribution in [0.1, 0.15) is 0 Å². The first-order valence-electron chi connectivity index (χ1n) is 18.6. The summed E-state index contributed by atoms with van der Waals surface area (Å²) in [7, 11) is 0. The summed E-state index contributed by atoms with van der Waals surface area (Å²) in [5.74, 6) is 0. The van der Waals surface area contributed by atoms with Crippen LogP contribution in [0.3, 0.4) is 0 Å². The molecule has 1 aromatic heterocycles. The second-order valence-corrected chi connectivity index (χ2v) is 14.5. The summed E-state index contributed by atoms with van der Waals surface area (Å²) < 4.78 is 2.31. The second kappa shape index (κ2) is 13.8. The van der Waals surface area contributed by atoms with Crippen LogP contribution in [0, 0.1) is 0 Å². The molecule has 0 aliphatic rings. The molecule has 0 unspecified atom stereocenters. The molecular formula is C52H35ClN2. The van der Waals surface area contributed by atoms with Gasteiger partial charge in [0.05, 0.1) is 11.0 Å². The third-order valence-corrected chi connectivity index (χ3v) is 10.9. The van der Waals surface area contributed by atoms with Gasteiger partial charge in [-0.05, 0) is 122 Å². The Bertz CT molecular complexity index is 2960. The lowest BCUT2D eigenvalue weighted by Gasteiger charge is -2.11. The van der Waals surface area contributed by atoms with E-state index < -0.39 is 0 Å². The molecule has 3 heteroatoms. The topological polar surface area (TPSA) is 17.0 Å². The number of rotatable bonds is 7. The summed E-state index contributed by atoms with van der Waals surface area (Å²) in [6, 6.07) is 73.6. The van der Waals surface area contributed by atoms with E-state index in [1.165, 1.54) is 66.1 Å². The lowest BCUT2D eigenvalue weighted by atomic mass is 9.96. The van der Waals surface area contributed by atoms with Gasteiger partial charge in [0.1, 0.15) is 0 Å². The molecule has 0 fully saturated rings. The van der Waals surface area contributed by atoms with E-state index >= 15 is 0 Å². The smallest absolute Gasteiger partial charge is 0.0555 e. The Labute approximate surface area is 325 Å². The lowest BCUT2D eigenvalue weighted by Crippen LogP contribution is -1.93. The maximum absolute atomic E-state index is 6.50. The molecule has 1 N–H and O–H groups in total. The zero-order valence-corrected chi connectivity index (χ0v) is 30.7. The van der Waals surface area contributed by atoms with E-state index in [4.69, 9.17) is 11.6 Å². The Kier molecular flexibility index (Phi) is 8.24. The van der Waals surface area contributed by atoms with Gasteiger partial charge in [-0.3, -0.25) is 0 Å². The van der Waals surface area contributed by atoms with Gasteiger partial charge >= 0.3 is 0 Å². The normalized spacial score (nSPS) is 11.4. The molecule has 10 aromatic rings. The van der Waals surface area contributed by atoms with Crippen molar-refractivity contribution in [2.24, 2.45) is 0 Å². The maximum Gasteiger partial charge on any atom is 0.0555 e. The molecule has 260 valence electrons. The number of benzene rings is 9. The highest BCUT2D eigenvalue weighted by molar-refractivity contribution is 6.31. The minimum absolute atomic E-state index is 0.734. The standard InChI is InChI=1S/C52H35ClN2/c53-45-24-30-50-49-29-23-43(33-51(49)55(52(50)34-45)48-9-5-2-6-10-48)38-13-11-37(12-14-38)41-17-15-40-16-18-42(32-44(40)31-41)39-21-27-47(28-22-39)54-46-25-19-36(20-26-46)35-7-3-1-4-8-35/h1-34,54H. The fraction of sp³-hybridized carbons (Fsp3) is 0. The number of anilines is 2. The van der Waals surface area contributed by atoms with Crippen LogP contribution in [0.5, 0.6) is 0 Å². The van der Waals surface area contributed by atoms with E-state index in [9.17, 15) is 0 Å². The van der Waals surface area contributed by atoms with Gasteiger partial charge in [0.2, 0.25) is 0 Å². The predicted molar refractivity (Wildman–Crippen MR) is 235 cm³/mol. The SMILES string of the molecule is Clc1ccc2c3ccc(-c4ccc(-c5ccc6ccc(-c7ccc(Nc8ccc(-c9ccccc9)cc8)cc7)cc6c5)cc4)cc3n(-c3ccccc3)c2c1. The zero-order valence-electron chi connectivity index (χ0n) is 30.0. The van der Waals surface area contributed by atoms with Crippen LogP contribution in [-0.2, 0) is 0 Å². The summed E-state index contributed by atoms with van der Waals surface area (Å²) in [6.45, 7) is 0. The molecule has 1 heterocycles. The predicted octanol–water partition coefficient (Wildman–Crippen LogP) is 15.0. The maximum atomic E-state index is 6.50. The molecule has 0 radical (unpaired) electrons. The number of aromatic nitrogens is 1. The van der Waals surface area contributed by atoms with E-state index in [2.05, 4.69) is 204 Å². The number of nitrogens with zero attached hydrogens (tertiary/aromatic N) is 1. The quantitative estimate of drug-likeness (QED) is 0.173. The van der Waals surface area contributed by atoms with Crippen LogP contribution >= 0.6 is 11.6 Å². The van der Waals surface area contributed by atoms with Crippen molar-refractivity contribution >= 4 is 55.6 Å². The van der Waals surface area contributed by atoms with Gasteiger partial charge in [0.25, 0.3) is 0 Å². The fourth-order valence-electron chi connectivity index (χ4n) is 7.78. The monoisotopic (exact) mass is 722 g/mol. The van der Waals surface area contributed by atoms with Gasteiger partial charge in [-0.2, -0.15) is 0 Å². The highest BCUT2D eigenvalue weighted by Crippen LogP contribution is 2.37. The van der Waals surface area contributed by atoms with Crippen molar-refractivity contribution in [3.63, 3.8) is 0 Å². The first-order chi connectivity index (χ1) is 27.1. The first-order valence-corrected chi connectivity index (χ1v) is 19.0. The van der Waals surface area contributed by atoms with Gasteiger partial charge in [-0.25, -0.2) is 0 Å². The summed E-state index contributed by atoms with van der Waals surface area (Å²) in [5.41, 5.74) is 15.1. The lowest BCUT2D eigenvalue weighted by molar-refractivity contribution is 1.18. The molecule has 0 amide bonds. The summed E-state index contributed by atoms with van der Waals surface area (Å²) in [5, 5.41) is 9.14. The van der Waals surface area contributed by atoms with Crippen LogP contribution in [0.4, 0.5) is 11.4 Å². The Morgan fingerprint density at radius 3 is 1.33 bits per heavy atom. The molecule has 0 spiro atoms. The molecule has 55 heavy (non-hydrogen) atoms. The molecule has 0 atom stereocenters. The molecular weight excluding hydrogens is 688 g/mol. The Hall–Kier alpha value is -6.87. The van der Waals surface area contributed by atoms with E-state index in [-0.39, 0.29) is 0 Å². The average molecular weight is 723 g/mol. The number of para-hydroxylation sites is 1. The second-order valence-electron chi connectivity index (χ2n) is 14.1. The highest BCUT2D eigenvalue weighted by atomic mass is 35.5. The third kappa shape index (κ3) is 6.33. The van der Waals surface area contributed by atoms with Crippen LogP contribution < -0.4 is 5.32 Å². The van der Waals surface area contributed by atoms with Crippen LogP contribution in [0.15, 0.2) is 206 Å². The minimum atomic E-state index is 0.734. The molecule has 2 nitrogen and oxygen atoms in total. The van der Waals surface area contributed by atoms with Crippen LogP contribution in [0.25, 0.3) is 82.8 Å². The van der Waals surface area contributed by atoms with E-state index in [0.717, 1.165) is 33.1 Å². The van der Waals surface area contributed by atoms with Gasteiger partial charge in [0, 0.05) is 32.9 Å². The van der Waals surface area contributed by atoms with Gasteiger partial charge in [-0.15, -0.1) is 0 Å². The van der Waals surface area contributed by atoms with Crippen molar-refractivity contribution in [1.82, 2.24) is 4.57 Å². The van der Waals surface area contributed by atoms with Crippen molar-refractivity contribution < 1.29 is 0 Å². The van der Waals surface area contributed by atoms with Crippen molar-refractivity contribution in [2.75, 3.05) is 5.32 Å². The van der Waals surface area contributed by atoms with E-state index in [1.54, 1.807) is 0 Å². The third-order valence-electron chi connectivity index (χ3n) is 10.6. The Morgan fingerprint density at radius 1 is 0.327 bits per heavy atom. The van der Waals surface area contributed by atoms with Crippen molar-refractivity contribution in [3.8, 4) is 50.2 Å². The average Bonchev–Trinajstić information content (AvgIpc) is 3.57. The molecule has 0 aliphatic carbocycles. The summed E-state index contributed by atoms with van der Waals surface area (Å²) >= 11 is 6.50. The molecule has 0 bridgehead atoms. The number of halogens is 1. The Morgan fingerprint density at radius 2 is 0.745 bits per heavy atom. The molecule has 0 saturated heterocycles. The number of nitrogens with one attached hydrogen (secondary N) is 1. The van der Waals surface area contributed by atoms with Gasteiger partial charge < -0.3 is 9.88 Å².